The summed E-state index contributed by atoms with van der Waals surface area (Å²) in [6, 6.07) is -0.0613. The van der Waals surface area contributed by atoms with Crippen molar-refractivity contribution >= 4 is 0 Å². The van der Waals surface area contributed by atoms with E-state index in [9.17, 15) is 9.59 Å². The summed E-state index contributed by atoms with van der Waals surface area (Å²) < 4.78 is 12.7. The number of piperidine rings is 1. The summed E-state index contributed by atoms with van der Waals surface area (Å²) in [7, 11) is 3.71. The number of hydrogen-bond donors (Lipinski definition) is 1. The van der Waals surface area contributed by atoms with Crippen molar-refractivity contribution in [1.29, 1.82) is 0 Å². The highest BCUT2D eigenvalue weighted by atomic mass is 19.2. The second-order valence-electron chi connectivity index (χ2n) is 3.26. The van der Waals surface area contributed by atoms with E-state index in [0.29, 0.717) is 19.5 Å². The van der Waals surface area contributed by atoms with E-state index < -0.39 is 0 Å². The third-order valence-electron chi connectivity index (χ3n) is 2.16. The van der Waals surface area contributed by atoms with Crippen LogP contribution in [0.15, 0.2) is 0 Å². The van der Waals surface area contributed by atoms with Crippen molar-refractivity contribution in [3.05, 3.63) is 0 Å². The molecule has 0 aromatic carbocycles. The SMILES string of the molecule is CN(C)C1CN(F)CCC1O. The molecule has 1 saturated heterocycles. The molecule has 0 radical (unpaired) electrons. The molecule has 1 rings (SSSR count). The first kappa shape index (κ1) is 8.90. The van der Waals surface area contributed by atoms with E-state index >= 15 is 0 Å². The predicted octanol–water partition coefficient (Wildman–Crippen LogP) is -0.132. The Morgan fingerprint density at radius 2 is 2.18 bits per heavy atom. The zero-order valence-electron chi connectivity index (χ0n) is 7.00. The standard InChI is InChI=1S/C7H15FN2O/c1-9(2)6-5-10(8)4-3-7(6)11/h6-7,11H,3-5H2,1-2H3. The van der Waals surface area contributed by atoms with Gasteiger partial charge in [0.1, 0.15) is 0 Å². The van der Waals surface area contributed by atoms with Crippen LogP contribution in [0, 0.1) is 0 Å². The molecular weight excluding hydrogens is 147 g/mol. The first-order valence-electron chi connectivity index (χ1n) is 3.86. The van der Waals surface area contributed by atoms with Gasteiger partial charge in [0.15, 0.2) is 0 Å². The lowest BCUT2D eigenvalue weighted by Crippen LogP contribution is -2.50. The molecule has 2 atom stereocenters. The maximum Gasteiger partial charge on any atom is 0.0721 e. The van der Waals surface area contributed by atoms with Gasteiger partial charge in [-0.3, -0.25) is 0 Å². The quantitative estimate of drug-likeness (QED) is 0.544. The Hall–Kier alpha value is -0.190. The largest absolute Gasteiger partial charge is 0.391 e. The number of likely N-dealkylation sites (N-methyl/N-ethyl adjacent to an activating group) is 1. The Kier molecular flexibility index (Phi) is 2.81. The number of nitrogens with zero attached hydrogens (tertiary/aromatic N) is 2. The maximum atomic E-state index is 12.7. The van der Waals surface area contributed by atoms with Crippen molar-refractivity contribution in [2.75, 3.05) is 27.2 Å². The van der Waals surface area contributed by atoms with Crippen molar-refractivity contribution in [2.45, 2.75) is 18.6 Å². The van der Waals surface area contributed by atoms with Crippen LogP contribution in [-0.2, 0) is 0 Å². The van der Waals surface area contributed by atoms with Crippen LogP contribution in [0.3, 0.4) is 0 Å². The molecule has 0 amide bonds. The minimum Gasteiger partial charge on any atom is -0.391 e. The molecule has 1 aliphatic rings. The minimum absolute atomic E-state index is 0.0613. The summed E-state index contributed by atoms with van der Waals surface area (Å²) in [4.78, 5) is 1.86. The van der Waals surface area contributed by atoms with Gasteiger partial charge in [-0.25, -0.2) is 0 Å². The Balaban J connectivity index is 2.47. The van der Waals surface area contributed by atoms with Crippen LogP contribution in [0.2, 0.25) is 0 Å². The summed E-state index contributed by atoms with van der Waals surface area (Å²) in [6.45, 7) is 0.666. The second kappa shape index (κ2) is 3.47. The monoisotopic (exact) mass is 162 g/mol. The summed E-state index contributed by atoms with van der Waals surface area (Å²) in [5, 5.41) is 10.2. The lowest BCUT2D eigenvalue weighted by atomic mass is 10.0. The highest BCUT2D eigenvalue weighted by Crippen LogP contribution is 2.14. The van der Waals surface area contributed by atoms with Gasteiger partial charge in [-0.15, -0.1) is 9.60 Å². The molecule has 1 N–H and O–H groups in total. The smallest absolute Gasteiger partial charge is 0.0721 e. The average Bonchev–Trinajstić information content (AvgIpc) is 1.94. The molecular formula is C7H15FN2O. The van der Waals surface area contributed by atoms with Crippen molar-refractivity contribution in [1.82, 2.24) is 10.0 Å². The maximum absolute atomic E-state index is 12.7. The Morgan fingerprint density at radius 1 is 1.55 bits per heavy atom. The van der Waals surface area contributed by atoms with Gasteiger partial charge in [0.2, 0.25) is 0 Å². The summed E-state index contributed by atoms with van der Waals surface area (Å²) >= 11 is 0. The Labute approximate surface area is 66.3 Å². The number of aliphatic hydroxyl groups is 1. The fraction of sp³-hybridized carbons (Fsp3) is 1.00. The van der Waals surface area contributed by atoms with Crippen molar-refractivity contribution in [2.24, 2.45) is 0 Å². The Morgan fingerprint density at radius 3 is 2.64 bits per heavy atom. The van der Waals surface area contributed by atoms with Gasteiger partial charge in [0.25, 0.3) is 0 Å². The lowest BCUT2D eigenvalue weighted by Gasteiger charge is -2.35. The van der Waals surface area contributed by atoms with E-state index in [1.807, 2.05) is 19.0 Å². The third-order valence-corrected chi connectivity index (χ3v) is 2.16. The van der Waals surface area contributed by atoms with E-state index in [4.69, 9.17) is 0 Å². The van der Waals surface area contributed by atoms with Crippen LogP contribution in [0.4, 0.5) is 4.48 Å². The molecule has 0 saturated carbocycles. The van der Waals surface area contributed by atoms with Gasteiger partial charge in [-0.05, 0) is 20.5 Å². The van der Waals surface area contributed by atoms with Gasteiger partial charge in [0.05, 0.1) is 12.1 Å². The van der Waals surface area contributed by atoms with Crippen molar-refractivity contribution in [3.8, 4) is 0 Å². The number of aliphatic hydroxyl groups excluding tert-OH is 1. The zero-order valence-corrected chi connectivity index (χ0v) is 7.00. The number of hydrogen-bond acceptors (Lipinski definition) is 3. The third kappa shape index (κ3) is 2.12. The van der Waals surface area contributed by atoms with Gasteiger partial charge in [0, 0.05) is 13.1 Å². The van der Waals surface area contributed by atoms with Crippen LogP contribution in [0.1, 0.15) is 6.42 Å². The molecule has 3 nitrogen and oxygen atoms in total. The first-order valence-corrected chi connectivity index (χ1v) is 3.86. The van der Waals surface area contributed by atoms with Crippen LogP contribution >= 0.6 is 0 Å². The second-order valence-corrected chi connectivity index (χ2v) is 3.26. The van der Waals surface area contributed by atoms with Gasteiger partial charge in [-0.1, -0.05) is 0 Å². The molecule has 11 heavy (non-hydrogen) atoms. The molecule has 0 bridgehead atoms. The summed E-state index contributed by atoms with van der Waals surface area (Å²) in [5.74, 6) is 0. The fourth-order valence-electron chi connectivity index (χ4n) is 1.39. The summed E-state index contributed by atoms with van der Waals surface area (Å²) in [5.41, 5.74) is 0. The molecule has 1 fully saturated rings. The molecule has 0 aromatic heterocycles. The number of halogens is 1. The molecule has 66 valence electrons. The van der Waals surface area contributed by atoms with Crippen molar-refractivity contribution in [3.63, 3.8) is 0 Å². The highest BCUT2D eigenvalue weighted by molar-refractivity contribution is 4.82. The highest BCUT2D eigenvalue weighted by Gasteiger charge is 2.28. The van der Waals surface area contributed by atoms with Crippen LogP contribution in [0.25, 0.3) is 0 Å². The zero-order chi connectivity index (χ0) is 8.43. The van der Waals surface area contributed by atoms with Crippen LogP contribution in [0.5, 0.6) is 0 Å². The van der Waals surface area contributed by atoms with E-state index in [2.05, 4.69) is 0 Å². The molecule has 0 aromatic rings. The minimum atomic E-state index is -0.378. The van der Waals surface area contributed by atoms with Gasteiger partial charge < -0.3 is 10.0 Å². The lowest BCUT2D eigenvalue weighted by molar-refractivity contribution is -0.0734. The van der Waals surface area contributed by atoms with Crippen LogP contribution in [-0.4, -0.2) is 54.5 Å². The van der Waals surface area contributed by atoms with Gasteiger partial charge >= 0.3 is 0 Å². The average molecular weight is 162 g/mol. The molecule has 1 aliphatic heterocycles. The molecule has 4 heteroatoms. The fourth-order valence-corrected chi connectivity index (χ4v) is 1.39. The van der Waals surface area contributed by atoms with E-state index in [1.165, 1.54) is 0 Å². The topological polar surface area (TPSA) is 26.7 Å². The van der Waals surface area contributed by atoms with E-state index in [-0.39, 0.29) is 12.1 Å². The number of rotatable bonds is 1. The first-order chi connectivity index (χ1) is 5.11. The predicted molar refractivity (Wildman–Crippen MR) is 40.8 cm³/mol. The van der Waals surface area contributed by atoms with E-state index in [1.54, 1.807) is 0 Å². The molecule has 0 spiro atoms. The summed E-state index contributed by atoms with van der Waals surface area (Å²) in [6.07, 6.45) is 0.149. The molecule has 1 heterocycles. The van der Waals surface area contributed by atoms with E-state index in [0.717, 1.165) is 5.12 Å². The normalized spacial score (nSPS) is 34.6. The Bertz CT molecular complexity index is 132. The van der Waals surface area contributed by atoms with Crippen LogP contribution < -0.4 is 0 Å². The van der Waals surface area contributed by atoms with Gasteiger partial charge in [-0.2, -0.15) is 0 Å². The molecule has 2 unspecified atom stereocenters. The molecule has 0 aliphatic carbocycles. The van der Waals surface area contributed by atoms with Crippen molar-refractivity contribution < 1.29 is 9.59 Å².